The molecule has 0 aliphatic carbocycles. The van der Waals surface area contributed by atoms with E-state index in [-0.39, 0.29) is 5.91 Å². The van der Waals surface area contributed by atoms with Crippen LogP contribution in [0.2, 0.25) is 0 Å². The smallest absolute Gasteiger partial charge is 0.253 e. The van der Waals surface area contributed by atoms with E-state index < -0.39 is 0 Å². The highest BCUT2D eigenvalue weighted by atomic mass is 16.5. The summed E-state index contributed by atoms with van der Waals surface area (Å²) >= 11 is 0. The van der Waals surface area contributed by atoms with Gasteiger partial charge in [-0.2, -0.15) is 0 Å². The molecule has 1 aliphatic heterocycles. The predicted octanol–water partition coefficient (Wildman–Crippen LogP) is 2.09. The van der Waals surface area contributed by atoms with Gasteiger partial charge in [-0.05, 0) is 49.8 Å². The van der Waals surface area contributed by atoms with Gasteiger partial charge in [0.1, 0.15) is 11.6 Å². The van der Waals surface area contributed by atoms with Crippen molar-refractivity contribution >= 4 is 11.6 Å². The third kappa shape index (κ3) is 3.64. The van der Waals surface area contributed by atoms with Crippen LogP contribution >= 0.6 is 0 Å². The number of pyridine rings is 1. The summed E-state index contributed by atoms with van der Waals surface area (Å²) < 4.78 is 7.17. The summed E-state index contributed by atoms with van der Waals surface area (Å²) in [5, 5.41) is 11.6. The maximum atomic E-state index is 12.6. The summed E-state index contributed by atoms with van der Waals surface area (Å²) in [5.74, 6) is 1.93. The molecule has 1 fully saturated rings. The van der Waals surface area contributed by atoms with E-state index >= 15 is 0 Å². The Morgan fingerprint density at radius 1 is 1.30 bits per heavy atom. The molecule has 27 heavy (non-hydrogen) atoms. The number of fused-ring (bicyclic) bond motifs is 1. The van der Waals surface area contributed by atoms with Crippen molar-refractivity contribution in [2.75, 3.05) is 27.2 Å². The number of ether oxygens (including phenoxy) is 1. The third-order valence-electron chi connectivity index (χ3n) is 5.03. The first kappa shape index (κ1) is 17.5. The van der Waals surface area contributed by atoms with Crippen LogP contribution in [0.3, 0.4) is 0 Å². The van der Waals surface area contributed by atoms with E-state index in [9.17, 15) is 4.79 Å². The Hall–Kier alpha value is -2.93. The number of benzene rings is 1. The number of methoxy groups -OCH3 is 1. The van der Waals surface area contributed by atoms with Crippen molar-refractivity contribution in [1.82, 2.24) is 24.8 Å². The van der Waals surface area contributed by atoms with Gasteiger partial charge in [-0.15, -0.1) is 10.2 Å². The predicted molar refractivity (Wildman–Crippen MR) is 102 cm³/mol. The zero-order chi connectivity index (χ0) is 18.8. The lowest BCUT2D eigenvalue weighted by molar-refractivity contribution is 0.0950. The Balaban J connectivity index is 1.51. The van der Waals surface area contributed by atoms with Gasteiger partial charge >= 0.3 is 0 Å². The molecule has 0 saturated carbocycles. The number of amides is 1. The van der Waals surface area contributed by atoms with Crippen molar-refractivity contribution in [2.45, 2.75) is 18.9 Å². The molecule has 1 atom stereocenters. The number of hydrogen-bond acceptors (Lipinski definition) is 5. The first-order valence-electron chi connectivity index (χ1n) is 9.08. The topological polar surface area (TPSA) is 71.8 Å². The van der Waals surface area contributed by atoms with Crippen LogP contribution in [-0.2, 0) is 6.54 Å². The normalized spacial score (nSPS) is 17.3. The van der Waals surface area contributed by atoms with Crippen LogP contribution in [0, 0.1) is 0 Å². The highest BCUT2D eigenvalue weighted by Crippen LogP contribution is 2.25. The highest BCUT2D eigenvalue weighted by Gasteiger charge is 2.25. The zero-order valence-corrected chi connectivity index (χ0v) is 15.6. The van der Waals surface area contributed by atoms with Crippen molar-refractivity contribution in [3.63, 3.8) is 0 Å². The lowest BCUT2D eigenvalue weighted by Crippen LogP contribution is -2.23. The summed E-state index contributed by atoms with van der Waals surface area (Å²) in [7, 11) is 3.74. The van der Waals surface area contributed by atoms with Gasteiger partial charge in [-0.25, -0.2) is 0 Å². The van der Waals surface area contributed by atoms with Crippen molar-refractivity contribution in [3.05, 3.63) is 59.5 Å². The van der Waals surface area contributed by atoms with Crippen LogP contribution in [0.1, 0.15) is 34.1 Å². The SMILES string of the molecule is COc1cccc(CNC(=O)c2ccc3nnc(C4CCN(C)C4)n3c2)c1. The van der Waals surface area contributed by atoms with Gasteiger partial charge in [-0.3, -0.25) is 9.20 Å². The quantitative estimate of drug-likeness (QED) is 0.750. The summed E-state index contributed by atoms with van der Waals surface area (Å²) in [5.41, 5.74) is 2.35. The fourth-order valence-corrected chi connectivity index (χ4v) is 3.53. The Morgan fingerprint density at radius 2 is 2.19 bits per heavy atom. The molecule has 0 bridgehead atoms. The van der Waals surface area contributed by atoms with Crippen LogP contribution in [0.5, 0.6) is 5.75 Å². The number of carbonyl (C=O) groups excluding carboxylic acids is 1. The molecule has 4 rings (SSSR count). The van der Waals surface area contributed by atoms with Crippen molar-refractivity contribution < 1.29 is 9.53 Å². The Labute approximate surface area is 158 Å². The number of nitrogens with one attached hydrogen (secondary N) is 1. The third-order valence-corrected chi connectivity index (χ3v) is 5.03. The van der Waals surface area contributed by atoms with Crippen LogP contribution in [0.4, 0.5) is 0 Å². The molecule has 1 aromatic carbocycles. The van der Waals surface area contributed by atoms with Gasteiger partial charge in [0.2, 0.25) is 0 Å². The Kier molecular flexibility index (Phi) is 4.77. The minimum absolute atomic E-state index is 0.122. The highest BCUT2D eigenvalue weighted by molar-refractivity contribution is 5.94. The van der Waals surface area contributed by atoms with Gasteiger partial charge in [-0.1, -0.05) is 12.1 Å². The standard InChI is InChI=1S/C20H23N5O2/c1-24-9-8-15(12-24)19-23-22-18-7-6-16(13-25(18)19)20(26)21-11-14-4-3-5-17(10-14)27-2/h3-7,10,13,15H,8-9,11-12H2,1-2H3,(H,21,26). The van der Waals surface area contributed by atoms with Crippen molar-refractivity contribution in [3.8, 4) is 5.75 Å². The maximum Gasteiger partial charge on any atom is 0.253 e. The summed E-state index contributed by atoms with van der Waals surface area (Å²) in [4.78, 5) is 14.9. The minimum Gasteiger partial charge on any atom is -0.497 e. The molecule has 3 aromatic rings. The molecular weight excluding hydrogens is 342 g/mol. The summed E-state index contributed by atoms with van der Waals surface area (Å²) in [6.45, 7) is 2.46. The first-order valence-corrected chi connectivity index (χ1v) is 9.08. The molecular formula is C20H23N5O2. The molecule has 1 saturated heterocycles. The number of carbonyl (C=O) groups is 1. The van der Waals surface area contributed by atoms with E-state index in [4.69, 9.17) is 4.74 Å². The molecule has 0 spiro atoms. The zero-order valence-electron chi connectivity index (χ0n) is 15.6. The lowest BCUT2D eigenvalue weighted by Gasteiger charge is -2.10. The van der Waals surface area contributed by atoms with Crippen LogP contribution in [-0.4, -0.2) is 52.7 Å². The van der Waals surface area contributed by atoms with Gasteiger partial charge in [0.15, 0.2) is 5.65 Å². The number of rotatable bonds is 5. The molecule has 7 nitrogen and oxygen atoms in total. The van der Waals surface area contributed by atoms with E-state index in [0.717, 1.165) is 42.3 Å². The molecule has 1 aliphatic rings. The van der Waals surface area contributed by atoms with E-state index in [1.165, 1.54) is 0 Å². The Bertz CT molecular complexity index is 968. The largest absolute Gasteiger partial charge is 0.497 e. The minimum atomic E-state index is -0.122. The van der Waals surface area contributed by atoms with Crippen LogP contribution in [0.25, 0.3) is 5.65 Å². The fourth-order valence-electron chi connectivity index (χ4n) is 3.53. The fraction of sp³-hybridized carbons (Fsp3) is 0.350. The van der Waals surface area contributed by atoms with E-state index in [2.05, 4.69) is 27.5 Å². The van der Waals surface area contributed by atoms with Gasteiger partial charge < -0.3 is 15.0 Å². The summed E-state index contributed by atoms with van der Waals surface area (Å²) in [6, 6.07) is 11.3. The van der Waals surface area contributed by atoms with Crippen molar-refractivity contribution in [2.24, 2.45) is 0 Å². The number of likely N-dealkylation sites (tertiary alicyclic amines) is 1. The number of nitrogens with zero attached hydrogens (tertiary/aromatic N) is 4. The van der Waals surface area contributed by atoms with E-state index in [0.29, 0.717) is 18.0 Å². The molecule has 3 heterocycles. The molecule has 2 aromatic heterocycles. The maximum absolute atomic E-state index is 12.6. The number of likely N-dealkylation sites (N-methyl/N-ethyl adjacent to an activating group) is 1. The molecule has 7 heteroatoms. The second-order valence-corrected chi connectivity index (χ2v) is 6.99. The van der Waals surface area contributed by atoms with Crippen LogP contribution in [0.15, 0.2) is 42.6 Å². The number of hydrogen-bond donors (Lipinski definition) is 1. The second kappa shape index (κ2) is 7.36. The molecule has 140 valence electrons. The first-order chi connectivity index (χ1) is 13.1. The Morgan fingerprint density at radius 3 is 2.96 bits per heavy atom. The van der Waals surface area contributed by atoms with Gasteiger partial charge in [0, 0.05) is 25.2 Å². The van der Waals surface area contributed by atoms with Gasteiger partial charge in [0.05, 0.1) is 12.7 Å². The second-order valence-electron chi connectivity index (χ2n) is 6.99. The summed E-state index contributed by atoms with van der Waals surface area (Å²) in [6.07, 6.45) is 2.90. The molecule has 1 amide bonds. The lowest BCUT2D eigenvalue weighted by atomic mass is 10.1. The van der Waals surface area contributed by atoms with Gasteiger partial charge in [0.25, 0.3) is 5.91 Å². The molecule has 1 N–H and O–H groups in total. The average Bonchev–Trinajstić information content (AvgIpc) is 3.31. The molecule has 0 radical (unpaired) electrons. The molecule has 1 unspecified atom stereocenters. The van der Waals surface area contributed by atoms with E-state index in [1.807, 2.05) is 40.9 Å². The van der Waals surface area contributed by atoms with E-state index in [1.54, 1.807) is 13.2 Å². The van der Waals surface area contributed by atoms with Crippen molar-refractivity contribution in [1.29, 1.82) is 0 Å². The monoisotopic (exact) mass is 365 g/mol. The van der Waals surface area contributed by atoms with Crippen LogP contribution < -0.4 is 10.1 Å². The number of aromatic nitrogens is 3. The average molecular weight is 365 g/mol.